The Balaban J connectivity index is 1.53. The Morgan fingerprint density at radius 1 is 1.39 bits per heavy atom. The number of fused-ring (bicyclic) bond motifs is 1. The molecule has 2 aliphatic carbocycles. The van der Waals surface area contributed by atoms with E-state index in [0.29, 0.717) is 17.7 Å². The van der Waals surface area contributed by atoms with Crippen molar-refractivity contribution in [2.24, 2.45) is 5.73 Å². The second-order valence-electron chi connectivity index (χ2n) is 10.1. The lowest BCUT2D eigenvalue weighted by Gasteiger charge is -2.26. The summed E-state index contributed by atoms with van der Waals surface area (Å²) < 4.78 is 22.0. The third-order valence-corrected chi connectivity index (χ3v) is 6.84. The number of ether oxygens (including phenoxy) is 1. The van der Waals surface area contributed by atoms with Gasteiger partial charge >= 0.3 is 6.09 Å². The molecule has 1 saturated carbocycles. The number of aliphatic hydroxyl groups excluding tert-OH is 1. The summed E-state index contributed by atoms with van der Waals surface area (Å²) in [5.41, 5.74) is 8.61. The van der Waals surface area contributed by atoms with Gasteiger partial charge < -0.3 is 31.5 Å². The first-order valence-corrected chi connectivity index (χ1v) is 12.9. The highest BCUT2D eigenvalue weighted by molar-refractivity contribution is 9.10. The molecule has 0 aromatic carbocycles. The lowest BCUT2D eigenvalue weighted by atomic mass is 10.1. The highest BCUT2D eigenvalue weighted by Crippen LogP contribution is 2.33. The highest BCUT2D eigenvalue weighted by atomic mass is 79.9. The molecule has 9 nitrogen and oxygen atoms in total. The molecule has 0 spiro atoms. The number of nitrogens with one attached hydrogen (secondary N) is 3. The molecule has 12 heteroatoms. The average molecular weight is 586 g/mol. The van der Waals surface area contributed by atoms with Crippen LogP contribution < -0.4 is 21.7 Å². The van der Waals surface area contributed by atoms with Crippen LogP contribution in [-0.2, 0) is 4.74 Å². The molecular weight excluding hydrogens is 555 g/mol. The van der Waals surface area contributed by atoms with Crippen LogP contribution in [0, 0.1) is 0 Å². The Morgan fingerprint density at radius 3 is 2.83 bits per heavy atom. The number of hydrogen-bond donors (Lipinski definition) is 5. The Labute approximate surface area is 222 Å². The minimum absolute atomic E-state index is 0.0175. The Morgan fingerprint density at radius 2 is 2.11 bits per heavy atom. The van der Waals surface area contributed by atoms with Gasteiger partial charge in [0.15, 0.2) is 6.17 Å². The van der Waals surface area contributed by atoms with Crippen molar-refractivity contribution in [3.8, 4) is 0 Å². The summed E-state index contributed by atoms with van der Waals surface area (Å²) in [6.07, 6.45) is 4.21. The van der Waals surface area contributed by atoms with Gasteiger partial charge in [-0.25, -0.2) is 13.7 Å². The first-order valence-electron chi connectivity index (χ1n) is 11.8. The fourth-order valence-electron chi connectivity index (χ4n) is 4.44. The number of alkyl halides is 1. The van der Waals surface area contributed by atoms with Crippen LogP contribution >= 0.6 is 27.5 Å². The summed E-state index contributed by atoms with van der Waals surface area (Å²) in [4.78, 5) is 12.2. The smallest absolute Gasteiger partial charge is 0.407 e. The predicted octanol–water partition coefficient (Wildman–Crippen LogP) is 5.14. The van der Waals surface area contributed by atoms with E-state index in [4.69, 9.17) is 22.1 Å². The summed E-state index contributed by atoms with van der Waals surface area (Å²) in [6, 6.07) is 1.99. The minimum Gasteiger partial charge on any atom is -0.509 e. The summed E-state index contributed by atoms with van der Waals surface area (Å²) in [6.45, 7) is 5.49. The van der Waals surface area contributed by atoms with E-state index >= 15 is 0 Å². The maximum Gasteiger partial charge on any atom is 0.407 e. The maximum absolute atomic E-state index is 14.1. The molecule has 36 heavy (non-hydrogen) atoms. The topological polar surface area (TPSA) is 126 Å². The van der Waals surface area contributed by atoms with E-state index in [2.05, 4.69) is 37.0 Å². The third-order valence-electron chi connectivity index (χ3n) is 6.07. The number of nitrogens with zero attached hydrogens (tertiary/aromatic N) is 2. The number of amides is 1. The van der Waals surface area contributed by atoms with Crippen LogP contribution in [0.4, 0.5) is 14.9 Å². The lowest BCUT2D eigenvalue weighted by molar-refractivity contribution is 0.0505. The third kappa shape index (κ3) is 6.24. The first kappa shape index (κ1) is 26.6. The number of carbonyl (C=O) groups excluding carboxylic acids is 1. The summed E-state index contributed by atoms with van der Waals surface area (Å²) in [5.74, 6) is -0.404. The largest absolute Gasteiger partial charge is 0.509 e. The van der Waals surface area contributed by atoms with Gasteiger partial charge in [-0.05, 0) is 68.1 Å². The number of rotatable bonds is 6. The SMILES string of the molecule is CC(C)(C)OC(=O)N[C@H]1CC[C@@H](Nc2c(C(N)NC3=C(Cl)C=C(O)C(F)C3)cnn3cc(Br)cc23)C1. The number of carbonyl (C=O) groups is 1. The van der Waals surface area contributed by atoms with E-state index < -0.39 is 29.8 Å². The van der Waals surface area contributed by atoms with Crippen LogP contribution in [0.5, 0.6) is 0 Å². The fraction of sp³-hybridized carbons (Fsp3) is 0.500. The molecule has 0 bridgehead atoms. The Bertz CT molecular complexity index is 1210. The monoisotopic (exact) mass is 584 g/mol. The molecule has 0 aliphatic heterocycles. The van der Waals surface area contributed by atoms with Crippen molar-refractivity contribution in [3.05, 3.63) is 51.1 Å². The van der Waals surface area contributed by atoms with Crippen molar-refractivity contribution >= 4 is 44.8 Å². The van der Waals surface area contributed by atoms with Crippen LogP contribution in [0.15, 0.2) is 45.5 Å². The number of halogens is 3. The van der Waals surface area contributed by atoms with Crippen molar-refractivity contribution in [1.29, 1.82) is 0 Å². The molecule has 0 radical (unpaired) electrons. The number of hydrogen-bond acceptors (Lipinski definition) is 7. The van der Waals surface area contributed by atoms with Gasteiger partial charge in [-0.2, -0.15) is 5.10 Å². The van der Waals surface area contributed by atoms with Crippen LogP contribution in [0.3, 0.4) is 0 Å². The van der Waals surface area contributed by atoms with Gasteiger partial charge in [-0.15, -0.1) is 0 Å². The number of anilines is 1. The molecule has 0 saturated heterocycles. The quantitative estimate of drug-likeness (QED) is 0.297. The van der Waals surface area contributed by atoms with Gasteiger partial charge in [0.25, 0.3) is 0 Å². The number of aromatic nitrogens is 2. The van der Waals surface area contributed by atoms with Gasteiger partial charge in [0, 0.05) is 40.4 Å². The van der Waals surface area contributed by atoms with Crippen molar-refractivity contribution in [3.63, 3.8) is 0 Å². The van der Waals surface area contributed by atoms with E-state index in [0.717, 1.165) is 28.5 Å². The minimum atomic E-state index is -1.55. The fourth-order valence-corrected chi connectivity index (χ4v) is 5.09. The summed E-state index contributed by atoms with van der Waals surface area (Å²) in [5, 5.41) is 23.9. The standard InChI is InChI=1S/C24H31BrClFN6O3/c1-24(2,3)36-23(35)31-14-5-4-13(7-14)30-21-15(10-29-33-11-12(25)6-19(21)33)22(28)32-18-9-17(27)20(34)8-16(18)26/h6,8,10-11,13-14,17,22,30,32,34H,4-5,7,9,28H2,1-3H3,(H,31,35)/t13-,14+,17?,22?/m1/s1. The molecule has 2 aromatic rings. The molecule has 1 fully saturated rings. The van der Waals surface area contributed by atoms with E-state index in [1.54, 1.807) is 10.7 Å². The molecule has 2 aliphatic rings. The first-order chi connectivity index (χ1) is 16.9. The van der Waals surface area contributed by atoms with Crippen molar-refractivity contribution in [2.75, 3.05) is 5.32 Å². The predicted molar refractivity (Wildman–Crippen MR) is 140 cm³/mol. The highest BCUT2D eigenvalue weighted by Gasteiger charge is 2.30. The lowest BCUT2D eigenvalue weighted by Crippen LogP contribution is -2.38. The zero-order chi connectivity index (χ0) is 26.2. The summed E-state index contributed by atoms with van der Waals surface area (Å²) >= 11 is 9.72. The molecule has 1 amide bonds. The van der Waals surface area contributed by atoms with Crippen molar-refractivity contribution in [2.45, 2.75) is 76.5 Å². The molecule has 2 unspecified atom stereocenters. The van der Waals surface area contributed by atoms with Gasteiger partial charge in [0.1, 0.15) is 17.5 Å². The number of alkyl carbamates (subject to hydrolysis) is 1. The maximum atomic E-state index is 14.1. The zero-order valence-electron chi connectivity index (χ0n) is 20.3. The summed E-state index contributed by atoms with van der Waals surface area (Å²) in [7, 11) is 0. The molecule has 6 N–H and O–H groups in total. The second kappa shape index (κ2) is 10.5. The molecule has 196 valence electrons. The number of nitrogens with two attached hydrogens (primary N) is 1. The molecule has 2 aromatic heterocycles. The Hall–Kier alpha value is -2.50. The molecule has 2 heterocycles. The Kier molecular flexibility index (Phi) is 7.72. The van der Waals surface area contributed by atoms with Gasteiger partial charge in [0.05, 0.1) is 22.4 Å². The van der Waals surface area contributed by atoms with E-state index in [9.17, 15) is 14.3 Å². The molecule has 4 rings (SSSR count). The zero-order valence-corrected chi connectivity index (χ0v) is 22.7. The molecular formula is C24H31BrClFN6O3. The van der Waals surface area contributed by atoms with Crippen molar-refractivity contribution < 1.29 is 19.0 Å². The average Bonchev–Trinajstić information content (AvgIpc) is 3.36. The van der Waals surface area contributed by atoms with Gasteiger partial charge in [0.2, 0.25) is 0 Å². The van der Waals surface area contributed by atoms with E-state index in [-0.39, 0.29) is 23.5 Å². The number of aliphatic hydroxyl groups is 1. The van der Waals surface area contributed by atoms with Crippen LogP contribution in [0.2, 0.25) is 0 Å². The van der Waals surface area contributed by atoms with E-state index in [1.165, 1.54) is 6.08 Å². The van der Waals surface area contributed by atoms with Gasteiger partial charge in [-0.1, -0.05) is 11.6 Å². The molecule has 4 atom stereocenters. The van der Waals surface area contributed by atoms with Crippen LogP contribution in [0.1, 0.15) is 58.2 Å². The normalized spacial score (nSPS) is 23.4. The van der Waals surface area contributed by atoms with Crippen LogP contribution in [0.25, 0.3) is 5.52 Å². The van der Waals surface area contributed by atoms with Crippen molar-refractivity contribution in [1.82, 2.24) is 20.2 Å². The van der Waals surface area contributed by atoms with Crippen LogP contribution in [-0.4, -0.2) is 44.7 Å². The second-order valence-corrected chi connectivity index (χ2v) is 11.5. The van der Waals surface area contributed by atoms with Gasteiger partial charge in [-0.3, -0.25) is 0 Å². The van der Waals surface area contributed by atoms with E-state index in [1.807, 2.05) is 33.0 Å². The number of allylic oxidation sites excluding steroid dienone is 4.